The summed E-state index contributed by atoms with van der Waals surface area (Å²) in [6.45, 7) is 8.32. The highest BCUT2D eigenvalue weighted by atomic mass is 16.5. The maximum absolute atomic E-state index is 13.6. The van der Waals surface area contributed by atoms with Crippen molar-refractivity contribution < 1.29 is 18.7 Å². The van der Waals surface area contributed by atoms with Crippen LogP contribution < -0.4 is 10.2 Å². The van der Waals surface area contributed by atoms with E-state index in [0.29, 0.717) is 31.9 Å². The summed E-state index contributed by atoms with van der Waals surface area (Å²) in [6, 6.07) is 15.8. The van der Waals surface area contributed by atoms with Gasteiger partial charge in [-0.25, -0.2) is 0 Å². The van der Waals surface area contributed by atoms with Crippen molar-refractivity contribution in [1.82, 2.24) is 15.2 Å². The second kappa shape index (κ2) is 11.8. The Kier molecular flexibility index (Phi) is 7.83. The first-order valence-corrected chi connectivity index (χ1v) is 14.6. The number of aryl methyl sites for hydroxylation is 2. The maximum Gasteiger partial charge on any atom is 0.256 e. The molecule has 2 amide bonds. The third-order valence-electron chi connectivity index (χ3n) is 8.18. The summed E-state index contributed by atoms with van der Waals surface area (Å²) >= 11 is 0. The summed E-state index contributed by atoms with van der Waals surface area (Å²) in [7, 11) is 0. The van der Waals surface area contributed by atoms with E-state index in [-0.39, 0.29) is 18.2 Å². The van der Waals surface area contributed by atoms with Gasteiger partial charge >= 0.3 is 0 Å². The predicted octanol–water partition coefficient (Wildman–Crippen LogP) is 5.29. The molecule has 8 heteroatoms. The smallest absolute Gasteiger partial charge is 0.256 e. The number of carbonyl (C=O) groups excluding carboxylic acids is 2. The molecule has 2 N–H and O–H groups in total. The number of amides is 2. The Hall–Kier alpha value is -4.04. The molecule has 1 atom stereocenters. The van der Waals surface area contributed by atoms with Gasteiger partial charge in [0.1, 0.15) is 17.6 Å². The van der Waals surface area contributed by atoms with E-state index in [1.165, 1.54) is 24.8 Å². The van der Waals surface area contributed by atoms with E-state index in [9.17, 15) is 9.59 Å². The molecule has 0 spiro atoms. The lowest BCUT2D eigenvalue weighted by Crippen LogP contribution is -2.40. The van der Waals surface area contributed by atoms with E-state index >= 15 is 0 Å². The van der Waals surface area contributed by atoms with E-state index in [1.54, 1.807) is 6.20 Å². The molecule has 2 aromatic heterocycles. The fourth-order valence-electron chi connectivity index (χ4n) is 6.01. The van der Waals surface area contributed by atoms with E-state index in [2.05, 4.69) is 40.3 Å². The SMILES string of the molecule is Cc1ccc(C(NC(=O)Cc2ccc3[nH]cc(C(=O)N4CCOCC4)c3c2)c2ccc(C)o2)c(N2CCCCC2)c1. The van der Waals surface area contributed by atoms with E-state index < -0.39 is 6.04 Å². The minimum absolute atomic E-state index is 0.0148. The van der Waals surface area contributed by atoms with Gasteiger partial charge in [0.2, 0.25) is 5.91 Å². The summed E-state index contributed by atoms with van der Waals surface area (Å²) in [4.78, 5) is 34.3. The molecule has 4 aromatic rings. The molecule has 0 aliphatic carbocycles. The van der Waals surface area contributed by atoms with Crippen LogP contribution in [0.25, 0.3) is 10.9 Å². The van der Waals surface area contributed by atoms with Crippen LogP contribution in [0.4, 0.5) is 5.69 Å². The molecule has 6 rings (SSSR count). The van der Waals surface area contributed by atoms with Crippen LogP contribution >= 0.6 is 0 Å². The van der Waals surface area contributed by atoms with Crippen molar-refractivity contribution in [3.63, 3.8) is 0 Å². The lowest BCUT2D eigenvalue weighted by Gasteiger charge is -2.32. The Morgan fingerprint density at radius 3 is 2.51 bits per heavy atom. The number of carbonyl (C=O) groups is 2. The number of H-pyrrole nitrogens is 1. The lowest BCUT2D eigenvalue weighted by molar-refractivity contribution is -0.121. The monoisotopic (exact) mass is 554 g/mol. The summed E-state index contributed by atoms with van der Waals surface area (Å²) < 4.78 is 11.5. The van der Waals surface area contributed by atoms with E-state index in [4.69, 9.17) is 9.15 Å². The van der Waals surface area contributed by atoms with Gasteiger partial charge in [0, 0.05) is 54.5 Å². The molecule has 4 heterocycles. The molecule has 2 saturated heterocycles. The number of aromatic nitrogens is 1. The van der Waals surface area contributed by atoms with Gasteiger partial charge < -0.3 is 29.3 Å². The fraction of sp³-hybridized carbons (Fsp3) is 0.394. The molecule has 0 radical (unpaired) electrons. The standard InChI is InChI=1S/C33H38N4O4/c1-22-6-9-25(29(18-22)36-12-4-3-5-13-36)32(30-11-7-23(2)41-30)35-31(38)20-24-8-10-28-26(19-24)27(21-34-28)33(39)37-14-16-40-17-15-37/h6-11,18-19,21,32,34H,3-5,12-17,20H2,1-2H3,(H,35,38). The van der Waals surface area contributed by atoms with Gasteiger partial charge in [-0.05, 0) is 74.6 Å². The molecule has 1 unspecified atom stereocenters. The van der Waals surface area contributed by atoms with Gasteiger partial charge in [-0.1, -0.05) is 18.2 Å². The molecule has 2 aromatic carbocycles. The summed E-state index contributed by atoms with van der Waals surface area (Å²) in [5.74, 6) is 1.41. The first kappa shape index (κ1) is 27.1. The van der Waals surface area contributed by atoms with Gasteiger partial charge in [-0.2, -0.15) is 0 Å². The number of anilines is 1. The number of fused-ring (bicyclic) bond motifs is 1. The third-order valence-corrected chi connectivity index (χ3v) is 8.18. The molecule has 0 bridgehead atoms. The number of aromatic amines is 1. The highest BCUT2D eigenvalue weighted by Gasteiger charge is 2.26. The normalized spacial score (nSPS) is 16.6. The van der Waals surface area contributed by atoms with Gasteiger partial charge in [-0.3, -0.25) is 9.59 Å². The number of ether oxygens (including phenoxy) is 1. The number of morpholine rings is 1. The van der Waals surface area contributed by atoms with Gasteiger partial charge in [-0.15, -0.1) is 0 Å². The summed E-state index contributed by atoms with van der Waals surface area (Å²) in [5.41, 5.74) is 5.74. The molecular formula is C33H38N4O4. The maximum atomic E-state index is 13.6. The van der Waals surface area contributed by atoms with Gasteiger partial charge in [0.25, 0.3) is 5.91 Å². The van der Waals surface area contributed by atoms with Crippen LogP contribution in [0.1, 0.15) is 63.9 Å². The Morgan fingerprint density at radius 2 is 1.76 bits per heavy atom. The fourth-order valence-corrected chi connectivity index (χ4v) is 6.01. The first-order chi connectivity index (χ1) is 20.0. The molecule has 0 saturated carbocycles. The van der Waals surface area contributed by atoms with Crippen molar-refractivity contribution in [2.75, 3.05) is 44.3 Å². The van der Waals surface area contributed by atoms with Crippen molar-refractivity contribution >= 4 is 28.4 Å². The Labute approximate surface area is 240 Å². The minimum Gasteiger partial charge on any atom is -0.464 e. The Bertz CT molecular complexity index is 1540. The van der Waals surface area contributed by atoms with Crippen LogP contribution in [0.15, 0.2) is 59.1 Å². The zero-order chi connectivity index (χ0) is 28.3. The van der Waals surface area contributed by atoms with Crippen LogP contribution in [0.5, 0.6) is 0 Å². The lowest BCUT2D eigenvalue weighted by atomic mass is 9.97. The number of piperidine rings is 1. The number of furan rings is 1. The highest BCUT2D eigenvalue weighted by Crippen LogP contribution is 2.34. The topological polar surface area (TPSA) is 90.8 Å². The minimum atomic E-state index is -0.414. The average Bonchev–Trinajstić information content (AvgIpc) is 3.62. The summed E-state index contributed by atoms with van der Waals surface area (Å²) in [6.07, 6.45) is 5.54. The quantitative estimate of drug-likeness (QED) is 0.324. The van der Waals surface area contributed by atoms with Crippen molar-refractivity contribution in [3.8, 4) is 0 Å². The predicted molar refractivity (Wildman–Crippen MR) is 159 cm³/mol. The number of hydrogen-bond acceptors (Lipinski definition) is 5. The second-order valence-corrected chi connectivity index (χ2v) is 11.2. The largest absolute Gasteiger partial charge is 0.464 e. The molecular weight excluding hydrogens is 516 g/mol. The van der Waals surface area contributed by atoms with E-state index in [1.807, 2.05) is 42.2 Å². The summed E-state index contributed by atoms with van der Waals surface area (Å²) in [5, 5.41) is 4.11. The second-order valence-electron chi connectivity index (χ2n) is 11.2. The molecule has 2 fully saturated rings. The van der Waals surface area contributed by atoms with Crippen LogP contribution in [-0.4, -0.2) is 61.1 Å². The van der Waals surface area contributed by atoms with Crippen molar-refractivity contribution in [2.24, 2.45) is 0 Å². The number of hydrogen-bond donors (Lipinski definition) is 2. The van der Waals surface area contributed by atoms with Crippen molar-refractivity contribution in [1.29, 1.82) is 0 Å². The first-order valence-electron chi connectivity index (χ1n) is 14.6. The third kappa shape index (κ3) is 5.88. The van der Waals surface area contributed by atoms with Gasteiger partial charge in [0.15, 0.2) is 0 Å². The molecule has 2 aliphatic rings. The Balaban J connectivity index is 1.26. The highest BCUT2D eigenvalue weighted by molar-refractivity contribution is 6.07. The van der Waals surface area contributed by atoms with Crippen molar-refractivity contribution in [3.05, 3.63) is 88.5 Å². The van der Waals surface area contributed by atoms with Crippen LogP contribution in [-0.2, 0) is 16.0 Å². The zero-order valence-corrected chi connectivity index (χ0v) is 23.9. The number of benzene rings is 2. The van der Waals surface area contributed by atoms with Gasteiger partial charge in [0.05, 0.1) is 25.2 Å². The zero-order valence-electron chi connectivity index (χ0n) is 23.9. The number of nitrogens with zero attached hydrogens (tertiary/aromatic N) is 2. The van der Waals surface area contributed by atoms with Crippen LogP contribution in [0.2, 0.25) is 0 Å². The van der Waals surface area contributed by atoms with Crippen molar-refractivity contribution in [2.45, 2.75) is 45.6 Å². The van der Waals surface area contributed by atoms with E-state index in [0.717, 1.165) is 52.3 Å². The molecule has 8 nitrogen and oxygen atoms in total. The average molecular weight is 555 g/mol. The van der Waals surface area contributed by atoms with Crippen LogP contribution in [0, 0.1) is 13.8 Å². The number of nitrogens with one attached hydrogen (secondary N) is 2. The Morgan fingerprint density at radius 1 is 0.951 bits per heavy atom. The number of rotatable bonds is 7. The molecule has 2 aliphatic heterocycles. The molecule has 214 valence electrons. The van der Waals surface area contributed by atoms with Crippen LogP contribution in [0.3, 0.4) is 0 Å². The molecule has 41 heavy (non-hydrogen) atoms.